The van der Waals surface area contributed by atoms with Crippen LogP contribution in [0.3, 0.4) is 0 Å². The average molecular weight is 535 g/mol. The third-order valence-electron chi connectivity index (χ3n) is 8.97. The molecule has 3 nitrogen and oxygen atoms in total. The molecule has 3 aromatic heterocycles. The fraction of sp³-hybridized carbons (Fsp3) is 0. The second-order valence-corrected chi connectivity index (χ2v) is 11.2. The van der Waals surface area contributed by atoms with E-state index in [4.69, 9.17) is 9.40 Å². The van der Waals surface area contributed by atoms with Crippen molar-refractivity contribution in [1.29, 1.82) is 0 Å². The second kappa shape index (κ2) is 7.96. The number of hydrogen-bond acceptors (Lipinski definition) is 2. The van der Waals surface area contributed by atoms with Crippen LogP contribution in [0, 0.1) is 0 Å². The minimum absolute atomic E-state index is 0.914. The number of furan rings is 1. The van der Waals surface area contributed by atoms with Crippen molar-refractivity contribution in [1.82, 2.24) is 9.55 Å². The summed E-state index contributed by atoms with van der Waals surface area (Å²) in [5.41, 5.74) is 4.13. The van der Waals surface area contributed by atoms with E-state index in [0.717, 1.165) is 44.2 Å². The van der Waals surface area contributed by atoms with Gasteiger partial charge >= 0.3 is 0 Å². The van der Waals surface area contributed by atoms with Crippen LogP contribution in [0.4, 0.5) is 0 Å². The molecule has 0 N–H and O–H groups in total. The van der Waals surface area contributed by atoms with E-state index in [1.54, 1.807) is 0 Å². The van der Waals surface area contributed by atoms with Gasteiger partial charge in [-0.3, -0.25) is 4.57 Å². The van der Waals surface area contributed by atoms with E-state index < -0.39 is 0 Å². The van der Waals surface area contributed by atoms with E-state index >= 15 is 0 Å². The zero-order valence-electron chi connectivity index (χ0n) is 22.5. The van der Waals surface area contributed by atoms with Crippen LogP contribution in [0.2, 0.25) is 0 Å². The molecule has 0 saturated carbocycles. The Balaban J connectivity index is 1.41. The van der Waals surface area contributed by atoms with Crippen molar-refractivity contribution in [3.8, 4) is 5.82 Å². The van der Waals surface area contributed by atoms with Gasteiger partial charge in [0.25, 0.3) is 0 Å². The van der Waals surface area contributed by atoms with Gasteiger partial charge < -0.3 is 4.42 Å². The molecule has 0 radical (unpaired) electrons. The molecule has 0 amide bonds. The Kier molecular flexibility index (Phi) is 4.18. The molecule has 0 unspecified atom stereocenters. The molecule has 0 atom stereocenters. The summed E-state index contributed by atoms with van der Waals surface area (Å²) in [6.07, 6.45) is 1.98. The Labute approximate surface area is 239 Å². The molecular formula is C39H22N2O. The molecule has 10 aromatic rings. The zero-order valence-corrected chi connectivity index (χ0v) is 22.5. The lowest BCUT2D eigenvalue weighted by atomic mass is 9.92. The van der Waals surface area contributed by atoms with E-state index in [2.05, 4.69) is 126 Å². The quantitative estimate of drug-likeness (QED) is 0.196. The van der Waals surface area contributed by atoms with Gasteiger partial charge in [0, 0.05) is 33.1 Å². The highest BCUT2D eigenvalue weighted by atomic mass is 16.3. The first-order valence-electron chi connectivity index (χ1n) is 14.3. The predicted octanol–water partition coefficient (Wildman–Crippen LogP) is 10.7. The number of benzene rings is 7. The van der Waals surface area contributed by atoms with Gasteiger partial charge in [0.15, 0.2) is 0 Å². The third kappa shape index (κ3) is 2.87. The summed E-state index contributed by atoms with van der Waals surface area (Å²) in [6, 6.07) is 45.7. The largest absolute Gasteiger partial charge is 0.456 e. The standard InChI is InChI=1S/C39H22N2O/c1-2-10-24-22-40-39(17-23(24)9-1)41-35-15-7-5-13-27(35)33-18-29-25-11-3-4-12-26(25)30-19-34-28-14-6-8-16-37(28)42-38(34)21-32(30)31(29)20-36(33)41/h1-22H. The van der Waals surface area contributed by atoms with Crippen LogP contribution in [-0.2, 0) is 0 Å². The van der Waals surface area contributed by atoms with Crippen LogP contribution >= 0.6 is 0 Å². The van der Waals surface area contributed by atoms with Gasteiger partial charge in [-0.05, 0) is 80.2 Å². The van der Waals surface area contributed by atoms with Crippen LogP contribution in [0.25, 0.3) is 92.7 Å². The van der Waals surface area contributed by atoms with Crippen LogP contribution in [0.5, 0.6) is 0 Å². The number of para-hydroxylation sites is 2. The fourth-order valence-electron chi connectivity index (χ4n) is 7.07. The highest BCUT2D eigenvalue weighted by Crippen LogP contribution is 2.43. The Morgan fingerprint density at radius 3 is 1.86 bits per heavy atom. The van der Waals surface area contributed by atoms with Crippen LogP contribution in [0.1, 0.15) is 0 Å². The molecule has 3 heteroatoms. The van der Waals surface area contributed by atoms with E-state index in [9.17, 15) is 0 Å². The summed E-state index contributed by atoms with van der Waals surface area (Å²) in [5.74, 6) is 0.920. The third-order valence-corrected chi connectivity index (χ3v) is 8.97. The number of hydrogen-bond donors (Lipinski definition) is 0. The van der Waals surface area contributed by atoms with Gasteiger partial charge in [0.2, 0.25) is 0 Å². The molecule has 194 valence electrons. The Morgan fingerprint density at radius 2 is 1.02 bits per heavy atom. The van der Waals surface area contributed by atoms with Crippen molar-refractivity contribution in [2.24, 2.45) is 0 Å². The predicted molar refractivity (Wildman–Crippen MR) is 176 cm³/mol. The summed E-state index contributed by atoms with van der Waals surface area (Å²) in [7, 11) is 0. The number of rotatable bonds is 1. The van der Waals surface area contributed by atoms with Gasteiger partial charge in [0.1, 0.15) is 17.0 Å². The Hall–Kier alpha value is -5.67. The van der Waals surface area contributed by atoms with Crippen molar-refractivity contribution in [3.63, 3.8) is 0 Å². The lowest BCUT2D eigenvalue weighted by molar-refractivity contribution is 0.669. The minimum Gasteiger partial charge on any atom is -0.456 e. The van der Waals surface area contributed by atoms with E-state index in [1.807, 2.05) is 12.3 Å². The summed E-state index contributed by atoms with van der Waals surface area (Å²) in [4.78, 5) is 4.96. The lowest BCUT2D eigenvalue weighted by Crippen LogP contribution is -1.97. The molecule has 10 rings (SSSR count). The number of nitrogens with zero attached hydrogens (tertiary/aromatic N) is 2. The minimum atomic E-state index is 0.914. The Bertz CT molecular complexity index is 2750. The molecule has 0 spiro atoms. The monoisotopic (exact) mass is 534 g/mol. The first-order valence-corrected chi connectivity index (χ1v) is 14.3. The van der Waals surface area contributed by atoms with Gasteiger partial charge in [-0.25, -0.2) is 4.98 Å². The molecule has 0 bridgehead atoms. The first-order chi connectivity index (χ1) is 20.8. The SMILES string of the molecule is c1ccc2cc(-n3c4ccccc4c4cc5c6ccccc6c6cc7c(cc6c5cc43)oc3ccccc37)ncc2c1. The first kappa shape index (κ1) is 22.1. The van der Waals surface area contributed by atoms with E-state index in [-0.39, 0.29) is 0 Å². The Morgan fingerprint density at radius 1 is 0.405 bits per heavy atom. The average Bonchev–Trinajstić information content (AvgIpc) is 3.58. The second-order valence-electron chi connectivity index (χ2n) is 11.2. The number of aromatic nitrogens is 2. The summed E-state index contributed by atoms with van der Waals surface area (Å²) < 4.78 is 8.69. The number of fused-ring (bicyclic) bond motifs is 13. The lowest BCUT2D eigenvalue weighted by Gasteiger charge is -2.12. The van der Waals surface area contributed by atoms with Crippen LogP contribution in [-0.4, -0.2) is 9.55 Å². The summed E-state index contributed by atoms with van der Waals surface area (Å²) in [5, 5.41) is 14.5. The van der Waals surface area contributed by atoms with Crippen LogP contribution < -0.4 is 0 Å². The van der Waals surface area contributed by atoms with Crippen molar-refractivity contribution in [3.05, 3.63) is 134 Å². The summed E-state index contributed by atoms with van der Waals surface area (Å²) in [6.45, 7) is 0. The van der Waals surface area contributed by atoms with Gasteiger partial charge in [-0.15, -0.1) is 0 Å². The molecule has 0 aliphatic rings. The van der Waals surface area contributed by atoms with Crippen molar-refractivity contribution < 1.29 is 4.42 Å². The normalized spacial score (nSPS) is 12.3. The molecule has 0 saturated heterocycles. The molecule has 3 heterocycles. The smallest absolute Gasteiger partial charge is 0.138 e. The van der Waals surface area contributed by atoms with Crippen molar-refractivity contribution >= 4 is 86.8 Å². The molecule has 42 heavy (non-hydrogen) atoms. The highest BCUT2D eigenvalue weighted by Gasteiger charge is 2.18. The molecule has 0 fully saturated rings. The van der Waals surface area contributed by atoms with Gasteiger partial charge in [-0.2, -0.15) is 0 Å². The molecular weight excluding hydrogens is 512 g/mol. The summed E-state index contributed by atoms with van der Waals surface area (Å²) >= 11 is 0. The van der Waals surface area contributed by atoms with Crippen molar-refractivity contribution in [2.45, 2.75) is 0 Å². The van der Waals surface area contributed by atoms with Gasteiger partial charge in [0.05, 0.1) is 11.0 Å². The number of pyridine rings is 1. The molecule has 7 aromatic carbocycles. The molecule has 0 aliphatic carbocycles. The van der Waals surface area contributed by atoms with Crippen molar-refractivity contribution in [2.75, 3.05) is 0 Å². The maximum atomic E-state index is 6.38. The highest BCUT2D eigenvalue weighted by molar-refractivity contribution is 6.31. The van der Waals surface area contributed by atoms with Crippen LogP contribution in [0.15, 0.2) is 138 Å². The maximum absolute atomic E-state index is 6.38. The van der Waals surface area contributed by atoms with E-state index in [1.165, 1.54) is 48.5 Å². The van der Waals surface area contributed by atoms with Gasteiger partial charge in [-0.1, -0.05) is 84.9 Å². The van der Waals surface area contributed by atoms with E-state index in [0.29, 0.717) is 0 Å². The molecule has 0 aliphatic heterocycles. The maximum Gasteiger partial charge on any atom is 0.138 e. The topological polar surface area (TPSA) is 31.0 Å². The fourth-order valence-corrected chi connectivity index (χ4v) is 7.07. The zero-order chi connectivity index (χ0) is 27.4.